The van der Waals surface area contributed by atoms with Crippen LogP contribution in [0.15, 0.2) is 97.9 Å². The lowest BCUT2D eigenvalue weighted by Crippen LogP contribution is -1.95. The zero-order chi connectivity index (χ0) is 17.2. The van der Waals surface area contributed by atoms with E-state index in [9.17, 15) is 9.90 Å². The van der Waals surface area contributed by atoms with E-state index < -0.39 is 0 Å². The van der Waals surface area contributed by atoms with Crippen LogP contribution in [0.5, 0.6) is 5.75 Å². The molecule has 25 heavy (non-hydrogen) atoms. The molecule has 4 rings (SSSR count). The highest BCUT2D eigenvalue weighted by Crippen LogP contribution is 2.35. The molecular weight excluding hydrogens is 332 g/mol. The Bertz CT molecular complexity index is 1040. The number of furan rings is 1. The SMILES string of the molecule is O=c1oc2cc(Sc3ccc(O)cc3)cccc-2c1-c1ccccc1. The Balaban J connectivity index is 1.75. The van der Waals surface area contributed by atoms with Crippen LogP contribution in [0.3, 0.4) is 0 Å². The van der Waals surface area contributed by atoms with Crippen LogP contribution in [0.2, 0.25) is 0 Å². The lowest BCUT2D eigenvalue weighted by molar-refractivity contribution is 0.475. The minimum atomic E-state index is -0.326. The molecule has 1 aliphatic carbocycles. The number of fused-ring (bicyclic) bond motifs is 1. The molecule has 0 saturated heterocycles. The highest BCUT2D eigenvalue weighted by molar-refractivity contribution is 7.99. The third-order valence-electron chi connectivity index (χ3n) is 3.87. The largest absolute Gasteiger partial charge is 0.508 e. The van der Waals surface area contributed by atoms with Gasteiger partial charge in [0.05, 0.1) is 5.56 Å². The maximum atomic E-state index is 12.3. The fourth-order valence-corrected chi connectivity index (χ4v) is 3.58. The van der Waals surface area contributed by atoms with Gasteiger partial charge >= 0.3 is 5.63 Å². The quantitative estimate of drug-likeness (QED) is 0.549. The van der Waals surface area contributed by atoms with Gasteiger partial charge in [-0.05, 0) is 42.0 Å². The lowest BCUT2D eigenvalue weighted by Gasteiger charge is -2.00. The fourth-order valence-electron chi connectivity index (χ4n) is 2.72. The molecule has 0 aromatic heterocycles. The maximum Gasteiger partial charge on any atom is 0.344 e. The third-order valence-corrected chi connectivity index (χ3v) is 4.87. The van der Waals surface area contributed by atoms with E-state index in [2.05, 4.69) is 0 Å². The van der Waals surface area contributed by atoms with Gasteiger partial charge in [0.25, 0.3) is 0 Å². The molecule has 0 radical (unpaired) electrons. The first kappa shape index (κ1) is 15.5. The fraction of sp³-hybridized carbons (Fsp3) is 0. The van der Waals surface area contributed by atoms with Crippen molar-refractivity contribution in [2.45, 2.75) is 9.79 Å². The predicted octanol–water partition coefficient (Wildman–Crippen LogP) is 5.27. The second kappa shape index (κ2) is 6.49. The Labute approximate surface area is 148 Å². The van der Waals surface area contributed by atoms with E-state index >= 15 is 0 Å². The minimum absolute atomic E-state index is 0.236. The average Bonchev–Trinajstić information content (AvgIpc) is 2.80. The number of aromatic hydroxyl groups is 1. The van der Waals surface area contributed by atoms with E-state index in [-0.39, 0.29) is 11.4 Å². The topological polar surface area (TPSA) is 50.4 Å². The molecule has 0 spiro atoms. The molecule has 2 aliphatic rings. The van der Waals surface area contributed by atoms with Gasteiger partial charge in [-0.1, -0.05) is 54.2 Å². The van der Waals surface area contributed by atoms with Crippen molar-refractivity contribution < 1.29 is 9.52 Å². The van der Waals surface area contributed by atoms with Crippen molar-refractivity contribution in [2.24, 2.45) is 0 Å². The van der Waals surface area contributed by atoms with Crippen LogP contribution in [0, 0.1) is 0 Å². The molecule has 1 heterocycles. The standard InChI is InChI=1S/C21H14O3S/c22-15-9-11-16(12-10-15)25-17-7-4-8-18-19(13-17)24-21(23)20(18)14-5-2-1-3-6-14/h1-13,22H. The average molecular weight is 346 g/mol. The molecule has 0 saturated carbocycles. The zero-order valence-electron chi connectivity index (χ0n) is 13.2. The summed E-state index contributed by atoms with van der Waals surface area (Å²) in [6.07, 6.45) is 0. The summed E-state index contributed by atoms with van der Waals surface area (Å²) >= 11 is 1.54. The van der Waals surface area contributed by atoms with Gasteiger partial charge in [-0.2, -0.15) is 0 Å². The van der Waals surface area contributed by atoms with Crippen molar-refractivity contribution in [3.8, 4) is 28.2 Å². The summed E-state index contributed by atoms with van der Waals surface area (Å²) in [6, 6.07) is 24.2. The van der Waals surface area contributed by atoms with Gasteiger partial charge in [-0.25, -0.2) is 4.79 Å². The highest BCUT2D eigenvalue weighted by atomic mass is 32.2. The number of hydrogen-bond acceptors (Lipinski definition) is 4. The van der Waals surface area contributed by atoms with E-state index in [1.165, 1.54) is 0 Å². The summed E-state index contributed by atoms with van der Waals surface area (Å²) in [6.45, 7) is 0. The molecule has 0 amide bonds. The molecule has 0 fully saturated rings. The van der Waals surface area contributed by atoms with Crippen LogP contribution >= 0.6 is 11.8 Å². The van der Waals surface area contributed by atoms with Crippen molar-refractivity contribution in [3.05, 3.63) is 89.3 Å². The first-order valence-corrected chi connectivity index (χ1v) is 8.61. The van der Waals surface area contributed by atoms with Gasteiger partial charge in [0.2, 0.25) is 0 Å². The van der Waals surface area contributed by atoms with Crippen LogP contribution in [0.4, 0.5) is 0 Å². The molecule has 2 aromatic rings. The summed E-state index contributed by atoms with van der Waals surface area (Å²) in [5, 5.41) is 9.39. The summed E-state index contributed by atoms with van der Waals surface area (Å²) in [4.78, 5) is 14.3. The Morgan fingerprint density at radius 3 is 2.32 bits per heavy atom. The molecule has 2 aromatic carbocycles. The number of rotatable bonds is 3. The van der Waals surface area contributed by atoms with Crippen molar-refractivity contribution in [3.63, 3.8) is 0 Å². The molecule has 0 atom stereocenters. The molecular formula is C21H14O3S. The molecule has 0 unspecified atom stereocenters. The van der Waals surface area contributed by atoms with Gasteiger partial charge in [0, 0.05) is 15.4 Å². The van der Waals surface area contributed by atoms with Crippen molar-refractivity contribution in [2.75, 3.05) is 0 Å². The van der Waals surface area contributed by atoms with Gasteiger partial charge in [0.1, 0.15) is 11.5 Å². The summed E-state index contributed by atoms with van der Waals surface area (Å²) in [5.41, 5.74) is 1.92. The normalized spacial score (nSPS) is 10.9. The summed E-state index contributed by atoms with van der Waals surface area (Å²) < 4.78 is 5.50. The van der Waals surface area contributed by atoms with Gasteiger partial charge in [-0.15, -0.1) is 0 Å². The van der Waals surface area contributed by atoms with Gasteiger partial charge in [-0.3, -0.25) is 0 Å². The Morgan fingerprint density at radius 2 is 1.56 bits per heavy atom. The van der Waals surface area contributed by atoms with Crippen molar-refractivity contribution in [1.82, 2.24) is 0 Å². The highest BCUT2D eigenvalue weighted by Gasteiger charge is 2.18. The predicted molar refractivity (Wildman–Crippen MR) is 99.3 cm³/mol. The number of phenolic OH excluding ortho intramolecular Hbond substituents is 1. The molecule has 0 bridgehead atoms. The van der Waals surface area contributed by atoms with Crippen LogP contribution in [-0.4, -0.2) is 5.11 Å². The molecule has 4 heteroatoms. The van der Waals surface area contributed by atoms with Gasteiger partial charge in [0.15, 0.2) is 0 Å². The lowest BCUT2D eigenvalue weighted by atomic mass is 10.0. The van der Waals surface area contributed by atoms with E-state index in [0.717, 1.165) is 20.9 Å². The van der Waals surface area contributed by atoms with E-state index in [1.807, 2.05) is 66.7 Å². The molecule has 1 aliphatic heterocycles. The molecule has 122 valence electrons. The number of benzene rings is 2. The van der Waals surface area contributed by atoms with E-state index in [1.54, 1.807) is 23.9 Å². The van der Waals surface area contributed by atoms with Crippen molar-refractivity contribution >= 4 is 11.8 Å². The Morgan fingerprint density at radius 1 is 0.800 bits per heavy atom. The van der Waals surface area contributed by atoms with Crippen LogP contribution in [0.1, 0.15) is 0 Å². The third kappa shape index (κ3) is 3.16. The number of phenols is 1. The van der Waals surface area contributed by atoms with Crippen molar-refractivity contribution in [1.29, 1.82) is 0 Å². The molecule has 1 N–H and O–H groups in total. The van der Waals surface area contributed by atoms with Crippen LogP contribution in [0.25, 0.3) is 22.5 Å². The van der Waals surface area contributed by atoms with E-state index in [4.69, 9.17) is 4.42 Å². The first-order chi connectivity index (χ1) is 12.2. The first-order valence-electron chi connectivity index (χ1n) is 7.80. The summed E-state index contributed by atoms with van der Waals surface area (Å²) in [5.74, 6) is 0.801. The van der Waals surface area contributed by atoms with Gasteiger partial charge < -0.3 is 9.52 Å². The monoisotopic (exact) mass is 346 g/mol. The van der Waals surface area contributed by atoms with Crippen LogP contribution in [-0.2, 0) is 0 Å². The molecule has 3 nitrogen and oxygen atoms in total. The zero-order valence-corrected chi connectivity index (χ0v) is 14.0. The Kier molecular flexibility index (Phi) is 4.04. The maximum absolute atomic E-state index is 12.3. The second-order valence-corrected chi connectivity index (χ2v) is 6.72. The minimum Gasteiger partial charge on any atom is -0.508 e. The second-order valence-electron chi connectivity index (χ2n) is 5.58. The summed E-state index contributed by atoms with van der Waals surface area (Å²) in [7, 11) is 0. The van der Waals surface area contributed by atoms with Crippen LogP contribution < -0.4 is 5.63 Å². The smallest absolute Gasteiger partial charge is 0.344 e. The number of hydrogen-bond donors (Lipinski definition) is 1. The Hall–Kier alpha value is -2.98. The van der Waals surface area contributed by atoms with E-state index in [0.29, 0.717) is 11.3 Å².